The average Bonchev–Trinajstić information content (AvgIpc) is 2.75. The van der Waals surface area contributed by atoms with E-state index in [1.807, 2.05) is 0 Å². The zero-order chi connectivity index (χ0) is 12.5. The molecule has 0 aromatic heterocycles. The summed E-state index contributed by atoms with van der Waals surface area (Å²) in [4.78, 5) is 2.44. The van der Waals surface area contributed by atoms with Gasteiger partial charge in [0.25, 0.3) is 0 Å². The molecule has 1 aromatic rings. The Morgan fingerprint density at radius 1 is 1.17 bits per heavy atom. The lowest BCUT2D eigenvalue weighted by Gasteiger charge is -2.32. The molecule has 1 aromatic carbocycles. The molecular weight excluding hydrogens is 220 g/mol. The fourth-order valence-electron chi connectivity index (χ4n) is 3.35. The maximum Gasteiger partial charge on any atom is 0.0328 e. The number of rotatable bonds is 2. The van der Waals surface area contributed by atoms with E-state index in [1.54, 1.807) is 11.1 Å². The van der Waals surface area contributed by atoms with E-state index in [2.05, 4.69) is 42.4 Å². The van der Waals surface area contributed by atoms with Crippen LogP contribution >= 0.6 is 0 Å². The van der Waals surface area contributed by atoms with E-state index in [-0.39, 0.29) is 0 Å². The quantitative estimate of drug-likeness (QED) is 0.860. The van der Waals surface area contributed by atoms with Crippen molar-refractivity contribution in [1.29, 1.82) is 0 Å². The van der Waals surface area contributed by atoms with Crippen LogP contribution in [-0.2, 0) is 6.42 Å². The van der Waals surface area contributed by atoms with Crippen LogP contribution < -0.4 is 5.32 Å². The van der Waals surface area contributed by atoms with Crippen LogP contribution in [0.2, 0.25) is 0 Å². The smallest absolute Gasteiger partial charge is 0.0328 e. The van der Waals surface area contributed by atoms with Gasteiger partial charge >= 0.3 is 0 Å². The molecule has 1 unspecified atom stereocenters. The predicted molar refractivity (Wildman–Crippen MR) is 75.9 cm³/mol. The predicted octanol–water partition coefficient (Wildman–Crippen LogP) is 2.67. The molecule has 0 saturated carbocycles. The minimum atomic E-state index is 0.605. The second-order valence-corrected chi connectivity index (χ2v) is 6.04. The van der Waals surface area contributed by atoms with Gasteiger partial charge in [0, 0.05) is 12.1 Å². The maximum atomic E-state index is 3.90. The van der Waals surface area contributed by atoms with Crippen molar-refractivity contribution in [3.05, 3.63) is 34.9 Å². The van der Waals surface area contributed by atoms with Crippen molar-refractivity contribution in [3.8, 4) is 0 Å². The number of nitrogens with zero attached hydrogens (tertiary/aromatic N) is 1. The summed E-state index contributed by atoms with van der Waals surface area (Å²) in [6.45, 7) is 4.68. The number of hydrogen-bond acceptors (Lipinski definition) is 2. The summed E-state index contributed by atoms with van der Waals surface area (Å²) >= 11 is 0. The number of benzene rings is 1. The van der Waals surface area contributed by atoms with Gasteiger partial charge in [0.05, 0.1) is 0 Å². The Balaban J connectivity index is 1.67. The van der Waals surface area contributed by atoms with Crippen LogP contribution in [0.3, 0.4) is 0 Å². The van der Waals surface area contributed by atoms with Gasteiger partial charge < -0.3 is 10.2 Å². The van der Waals surface area contributed by atoms with Gasteiger partial charge in [-0.25, -0.2) is 0 Å². The van der Waals surface area contributed by atoms with Crippen molar-refractivity contribution in [1.82, 2.24) is 10.2 Å². The summed E-state index contributed by atoms with van der Waals surface area (Å²) in [6, 6.07) is 8.28. The first-order chi connectivity index (χ1) is 8.72. The van der Waals surface area contributed by atoms with Crippen LogP contribution in [0.5, 0.6) is 0 Å². The molecule has 2 heteroatoms. The second-order valence-electron chi connectivity index (χ2n) is 6.04. The van der Waals surface area contributed by atoms with E-state index < -0.39 is 0 Å². The lowest BCUT2D eigenvalue weighted by molar-refractivity contribution is 0.224. The van der Waals surface area contributed by atoms with Gasteiger partial charge in [-0.3, -0.25) is 0 Å². The molecule has 0 amide bonds. The Hall–Kier alpha value is -0.860. The fourth-order valence-corrected chi connectivity index (χ4v) is 3.35. The van der Waals surface area contributed by atoms with Gasteiger partial charge in [-0.2, -0.15) is 0 Å². The molecule has 1 atom stereocenters. The standard InChI is InChI=1S/C16H24N2/c1-12-3-4-13-5-6-16(15(13)11-12)17-14-7-9-18(2)10-8-14/h3-4,11,14,16-17H,5-10H2,1-2H3. The third-order valence-electron chi connectivity index (χ3n) is 4.53. The summed E-state index contributed by atoms with van der Waals surface area (Å²) < 4.78 is 0. The van der Waals surface area contributed by atoms with E-state index in [1.165, 1.54) is 44.3 Å². The Labute approximate surface area is 110 Å². The molecule has 0 bridgehead atoms. The van der Waals surface area contributed by atoms with E-state index >= 15 is 0 Å². The molecule has 98 valence electrons. The molecule has 18 heavy (non-hydrogen) atoms. The highest BCUT2D eigenvalue weighted by atomic mass is 15.1. The maximum absolute atomic E-state index is 3.90. The van der Waals surface area contributed by atoms with E-state index in [9.17, 15) is 0 Å². The highest BCUT2D eigenvalue weighted by Gasteiger charge is 2.26. The molecule has 0 spiro atoms. The Kier molecular flexibility index (Phi) is 3.40. The molecule has 0 radical (unpaired) electrons. The van der Waals surface area contributed by atoms with E-state index in [0.29, 0.717) is 6.04 Å². The van der Waals surface area contributed by atoms with Gasteiger partial charge in [-0.05, 0) is 63.9 Å². The van der Waals surface area contributed by atoms with Crippen LogP contribution in [0.15, 0.2) is 18.2 Å². The minimum absolute atomic E-state index is 0.605. The molecule has 1 fully saturated rings. The molecule has 1 aliphatic heterocycles. The van der Waals surface area contributed by atoms with Crippen molar-refractivity contribution < 1.29 is 0 Å². The third-order valence-corrected chi connectivity index (χ3v) is 4.53. The van der Waals surface area contributed by atoms with Gasteiger partial charge in [0.15, 0.2) is 0 Å². The summed E-state index contributed by atoms with van der Waals surface area (Å²) in [5, 5.41) is 3.90. The topological polar surface area (TPSA) is 15.3 Å². The number of piperidine rings is 1. The Bertz CT molecular complexity index is 419. The molecule has 1 heterocycles. The highest BCUT2D eigenvalue weighted by Crippen LogP contribution is 2.32. The number of hydrogen-bond donors (Lipinski definition) is 1. The first-order valence-electron chi connectivity index (χ1n) is 7.26. The molecular formula is C16H24N2. The first kappa shape index (κ1) is 12.2. The van der Waals surface area contributed by atoms with Gasteiger partial charge in [0.1, 0.15) is 0 Å². The zero-order valence-electron chi connectivity index (χ0n) is 11.6. The minimum Gasteiger partial charge on any atom is -0.307 e. The van der Waals surface area contributed by atoms with Crippen molar-refractivity contribution in [3.63, 3.8) is 0 Å². The lowest BCUT2D eigenvalue weighted by atomic mass is 10.0. The summed E-state index contributed by atoms with van der Waals surface area (Å²) in [6.07, 6.45) is 5.13. The van der Waals surface area contributed by atoms with E-state index in [0.717, 1.165) is 6.04 Å². The van der Waals surface area contributed by atoms with E-state index in [4.69, 9.17) is 0 Å². The fraction of sp³-hybridized carbons (Fsp3) is 0.625. The largest absolute Gasteiger partial charge is 0.307 e. The lowest BCUT2D eigenvalue weighted by Crippen LogP contribution is -2.41. The molecule has 2 aliphatic rings. The number of fused-ring (bicyclic) bond motifs is 1. The SMILES string of the molecule is Cc1ccc2c(c1)C(NC1CCN(C)CC1)CC2. The van der Waals surface area contributed by atoms with Crippen LogP contribution in [0.25, 0.3) is 0 Å². The van der Waals surface area contributed by atoms with Gasteiger partial charge in [-0.15, -0.1) is 0 Å². The zero-order valence-corrected chi connectivity index (χ0v) is 11.6. The monoisotopic (exact) mass is 244 g/mol. The highest BCUT2D eigenvalue weighted by molar-refractivity contribution is 5.37. The summed E-state index contributed by atoms with van der Waals surface area (Å²) in [7, 11) is 2.23. The molecule has 3 rings (SSSR count). The molecule has 1 saturated heterocycles. The van der Waals surface area contributed by atoms with Gasteiger partial charge in [-0.1, -0.05) is 23.8 Å². The molecule has 2 nitrogen and oxygen atoms in total. The average molecular weight is 244 g/mol. The van der Waals surface area contributed by atoms with Crippen LogP contribution in [-0.4, -0.2) is 31.1 Å². The van der Waals surface area contributed by atoms with Crippen molar-refractivity contribution in [2.75, 3.05) is 20.1 Å². The van der Waals surface area contributed by atoms with Crippen LogP contribution in [0.1, 0.15) is 42.0 Å². The number of aryl methyl sites for hydroxylation is 2. The third kappa shape index (κ3) is 2.45. The Morgan fingerprint density at radius 2 is 1.94 bits per heavy atom. The molecule has 1 aliphatic carbocycles. The Morgan fingerprint density at radius 3 is 2.72 bits per heavy atom. The second kappa shape index (κ2) is 5.02. The summed E-state index contributed by atoms with van der Waals surface area (Å²) in [5.74, 6) is 0. The van der Waals surface area contributed by atoms with Crippen LogP contribution in [0.4, 0.5) is 0 Å². The number of nitrogens with one attached hydrogen (secondary N) is 1. The first-order valence-corrected chi connectivity index (χ1v) is 7.26. The van der Waals surface area contributed by atoms with Gasteiger partial charge in [0.2, 0.25) is 0 Å². The molecule has 1 N–H and O–H groups in total. The van der Waals surface area contributed by atoms with Crippen molar-refractivity contribution in [2.24, 2.45) is 0 Å². The number of likely N-dealkylation sites (tertiary alicyclic amines) is 1. The van der Waals surface area contributed by atoms with Crippen molar-refractivity contribution >= 4 is 0 Å². The normalized spacial score (nSPS) is 25.3. The van der Waals surface area contributed by atoms with Crippen molar-refractivity contribution in [2.45, 2.75) is 44.7 Å². The summed E-state index contributed by atoms with van der Waals surface area (Å²) in [5.41, 5.74) is 4.52. The van der Waals surface area contributed by atoms with Crippen LogP contribution in [0, 0.1) is 6.92 Å².